The first kappa shape index (κ1) is 23.5. The normalized spacial score (nSPS) is 19.5. The molecule has 0 saturated carbocycles. The Kier molecular flexibility index (Phi) is 7.30. The Morgan fingerprint density at radius 3 is 2.35 bits per heavy atom. The molecule has 0 radical (unpaired) electrons. The number of carbonyl (C=O) groups is 3. The number of nitrogens with one attached hydrogen (secondary N) is 1. The van der Waals surface area contributed by atoms with Crippen LogP contribution in [0.1, 0.15) is 43.2 Å². The van der Waals surface area contributed by atoms with Crippen molar-refractivity contribution in [2.75, 3.05) is 19.7 Å². The monoisotopic (exact) mass is 462 g/mol. The van der Waals surface area contributed by atoms with Gasteiger partial charge in [0.1, 0.15) is 12.6 Å². The summed E-state index contributed by atoms with van der Waals surface area (Å²) >= 11 is 0. The zero-order valence-electron chi connectivity index (χ0n) is 19.3. The van der Waals surface area contributed by atoms with Gasteiger partial charge < -0.3 is 20.1 Å². The standard InChI is InChI=1S/C27H30N2O5/c1-2-18-13-15-29(24(16-18)26(31)32)25(30)12-7-14-28-27(33)34-17-23-21-10-5-3-8-19(21)20-9-4-6-11-22(20)23/h3-12,18,23-24H,2,13-17H2,1H3,(H,28,33)(H,31,32)/b12-7+. The second-order valence-corrected chi connectivity index (χ2v) is 8.79. The molecule has 2 N–H and O–H groups in total. The van der Waals surface area contributed by atoms with E-state index >= 15 is 0 Å². The van der Waals surface area contributed by atoms with Gasteiger partial charge in [-0.1, -0.05) is 68.0 Å². The second kappa shape index (κ2) is 10.5. The number of hydrogen-bond acceptors (Lipinski definition) is 4. The Balaban J connectivity index is 1.27. The summed E-state index contributed by atoms with van der Waals surface area (Å²) in [5.74, 6) is -1.02. The van der Waals surface area contributed by atoms with Crippen molar-refractivity contribution in [3.05, 3.63) is 71.8 Å². The van der Waals surface area contributed by atoms with Crippen LogP contribution in [0.4, 0.5) is 4.79 Å². The largest absolute Gasteiger partial charge is 0.480 e. The summed E-state index contributed by atoms with van der Waals surface area (Å²) in [7, 11) is 0. The van der Waals surface area contributed by atoms with Crippen molar-refractivity contribution in [3.8, 4) is 11.1 Å². The van der Waals surface area contributed by atoms with E-state index in [1.807, 2.05) is 31.2 Å². The molecule has 2 aliphatic rings. The molecular formula is C27H30N2O5. The van der Waals surface area contributed by atoms with Crippen molar-refractivity contribution in [3.63, 3.8) is 0 Å². The van der Waals surface area contributed by atoms with E-state index in [-0.39, 0.29) is 25.0 Å². The molecule has 0 aromatic heterocycles. The highest BCUT2D eigenvalue weighted by atomic mass is 16.5. The Bertz CT molecular complexity index is 1050. The van der Waals surface area contributed by atoms with Gasteiger partial charge in [-0.05, 0) is 41.0 Å². The highest BCUT2D eigenvalue weighted by Crippen LogP contribution is 2.44. The number of benzene rings is 2. The molecule has 4 rings (SSSR count). The lowest BCUT2D eigenvalue weighted by atomic mass is 9.89. The van der Waals surface area contributed by atoms with Gasteiger partial charge in [-0.2, -0.15) is 0 Å². The van der Waals surface area contributed by atoms with Gasteiger partial charge in [0.25, 0.3) is 0 Å². The van der Waals surface area contributed by atoms with Gasteiger partial charge in [-0.15, -0.1) is 0 Å². The minimum absolute atomic E-state index is 0.0192. The zero-order chi connectivity index (χ0) is 24.1. The number of carboxylic acids is 1. The third-order valence-electron chi connectivity index (χ3n) is 6.82. The number of amides is 2. The Morgan fingerprint density at radius 1 is 1.09 bits per heavy atom. The van der Waals surface area contributed by atoms with Crippen LogP contribution in [0.3, 0.4) is 0 Å². The molecule has 7 heteroatoms. The van der Waals surface area contributed by atoms with E-state index in [0.29, 0.717) is 18.9 Å². The molecule has 1 fully saturated rings. The lowest BCUT2D eigenvalue weighted by Gasteiger charge is -2.36. The second-order valence-electron chi connectivity index (χ2n) is 8.79. The highest BCUT2D eigenvalue weighted by molar-refractivity contribution is 5.91. The maximum atomic E-state index is 12.5. The summed E-state index contributed by atoms with van der Waals surface area (Å²) < 4.78 is 5.48. The topological polar surface area (TPSA) is 95.9 Å². The fourth-order valence-electron chi connectivity index (χ4n) is 4.95. The van der Waals surface area contributed by atoms with Gasteiger partial charge in [0.2, 0.25) is 5.91 Å². The minimum Gasteiger partial charge on any atom is -0.480 e. The molecule has 2 atom stereocenters. The number of carbonyl (C=O) groups excluding carboxylic acids is 2. The van der Waals surface area contributed by atoms with Crippen LogP contribution < -0.4 is 5.32 Å². The Morgan fingerprint density at radius 2 is 1.74 bits per heavy atom. The average Bonchev–Trinajstić information content (AvgIpc) is 3.18. The number of ether oxygens (including phenoxy) is 1. The number of rotatable bonds is 7. The number of piperidine rings is 1. The highest BCUT2D eigenvalue weighted by Gasteiger charge is 2.34. The molecule has 7 nitrogen and oxygen atoms in total. The van der Waals surface area contributed by atoms with Gasteiger partial charge >= 0.3 is 12.1 Å². The van der Waals surface area contributed by atoms with Gasteiger partial charge in [-0.25, -0.2) is 9.59 Å². The van der Waals surface area contributed by atoms with Crippen molar-refractivity contribution >= 4 is 18.0 Å². The number of carboxylic acid groups (broad SMARTS) is 1. The average molecular weight is 463 g/mol. The molecule has 0 bridgehead atoms. The van der Waals surface area contributed by atoms with E-state index in [1.165, 1.54) is 17.1 Å². The molecular weight excluding hydrogens is 432 g/mol. The molecule has 1 saturated heterocycles. The van der Waals surface area contributed by atoms with Crippen LogP contribution in [0.2, 0.25) is 0 Å². The van der Waals surface area contributed by atoms with Crippen LogP contribution >= 0.6 is 0 Å². The first-order valence-electron chi connectivity index (χ1n) is 11.8. The Labute approximate surface area is 199 Å². The van der Waals surface area contributed by atoms with Crippen molar-refractivity contribution in [1.29, 1.82) is 0 Å². The summed E-state index contributed by atoms with van der Waals surface area (Å²) in [5, 5.41) is 12.1. The molecule has 1 aliphatic carbocycles. The number of alkyl carbamates (subject to hydrolysis) is 1. The van der Waals surface area contributed by atoms with Gasteiger partial charge in [0.15, 0.2) is 0 Å². The SMILES string of the molecule is CCC1CCN(C(=O)/C=C/CNC(=O)OCC2c3ccccc3-c3ccccc32)C(C(=O)O)C1. The fraction of sp³-hybridized carbons (Fsp3) is 0.370. The summed E-state index contributed by atoms with van der Waals surface area (Å²) in [4.78, 5) is 37.8. The fourth-order valence-corrected chi connectivity index (χ4v) is 4.95. The summed E-state index contributed by atoms with van der Waals surface area (Å²) in [5.41, 5.74) is 4.61. The first-order chi connectivity index (χ1) is 16.5. The Hall–Kier alpha value is -3.61. The molecule has 1 aliphatic heterocycles. The number of hydrogen-bond donors (Lipinski definition) is 2. The van der Waals surface area contributed by atoms with Crippen molar-refractivity contribution in [2.24, 2.45) is 5.92 Å². The van der Waals surface area contributed by atoms with Gasteiger partial charge in [-0.3, -0.25) is 4.79 Å². The van der Waals surface area contributed by atoms with Gasteiger partial charge in [0.05, 0.1) is 0 Å². The number of fused-ring (bicyclic) bond motifs is 3. The van der Waals surface area contributed by atoms with Crippen LogP contribution in [-0.2, 0) is 14.3 Å². The lowest BCUT2D eigenvalue weighted by Crippen LogP contribution is -2.49. The summed E-state index contributed by atoms with van der Waals surface area (Å²) in [6, 6.07) is 15.5. The number of aliphatic carboxylic acids is 1. The summed E-state index contributed by atoms with van der Waals surface area (Å²) in [6.45, 7) is 2.80. The van der Waals surface area contributed by atoms with E-state index in [1.54, 1.807) is 0 Å². The first-order valence-corrected chi connectivity index (χ1v) is 11.8. The molecule has 2 amide bonds. The molecule has 1 heterocycles. The van der Waals surface area contributed by atoms with Crippen molar-refractivity contribution in [1.82, 2.24) is 10.2 Å². The maximum Gasteiger partial charge on any atom is 0.407 e. The third kappa shape index (κ3) is 4.98. The lowest BCUT2D eigenvalue weighted by molar-refractivity contribution is -0.151. The van der Waals surface area contributed by atoms with Crippen LogP contribution in [0.25, 0.3) is 11.1 Å². The molecule has 178 valence electrons. The van der Waals surface area contributed by atoms with E-state index in [2.05, 4.69) is 29.6 Å². The van der Waals surface area contributed by atoms with Gasteiger partial charge in [0, 0.05) is 25.1 Å². The molecule has 2 aromatic rings. The van der Waals surface area contributed by atoms with Crippen molar-refractivity contribution in [2.45, 2.75) is 38.1 Å². The maximum absolute atomic E-state index is 12.5. The summed E-state index contributed by atoms with van der Waals surface area (Å²) in [6.07, 6.45) is 4.47. The minimum atomic E-state index is -0.975. The molecule has 2 aromatic carbocycles. The number of likely N-dealkylation sites (tertiary alicyclic amines) is 1. The van der Waals surface area contributed by atoms with Crippen LogP contribution in [0.15, 0.2) is 60.7 Å². The predicted molar refractivity (Wildman–Crippen MR) is 128 cm³/mol. The van der Waals surface area contributed by atoms with E-state index in [0.717, 1.165) is 35.1 Å². The smallest absolute Gasteiger partial charge is 0.407 e. The third-order valence-corrected chi connectivity index (χ3v) is 6.82. The molecule has 34 heavy (non-hydrogen) atoms. The quantitative estimate of drug-likeness (QED) is 0.602. The van der Waals surface area contributed by atoms with Crippen LogP contribution in [-0.4, -0.2) is 53.7 Å². The van der Waals surface area contributed by atoms with Crippen molar-refractivity contribution < 1.29 is 24.2 Å². The van der Waals surface area contributed by atoms with Crippen LogP contribution in [0.5, 0.6) is 0 Å². The molecule has 0 spiro atoms. The van der Waals surface area contributed by atoms with Crippen LogP contribution in [0, 0.1) is 5.92 Å². The van der Waals surface area contributed by atoms with E-state index < -0.39 is 18.1 Å². The number of nitrogens with zero attached hydrogens (tertiary/aromatic N) is 1. The predicted octanol–water partition coefficient (Wildman–Crippen LogP) is 4.18. The van der Waals surface area contributed by atoms with E-state index in [9.17, 15) is 19.5 Å². The zero-order valence-corrected chi connectivity index (χ0v) is 19.3. The molecule has 2 unspecified atom stereocenters. The van der Waals surface area contributed by atoms with E-state index in [4.69, 9.17) is 4.74 Å².